The molecule has 1 amide bonds. The molecule has 0 spiro atoms. The maximum atomic E-state index is 12.8. The lowest BCUT2D eigenvalue weighted by molar-refractivity contribution is 0.0720. The molecule has 1 aliphatic heterocycles. The number of carbonyl (C=O) groups is 1. The molecule has 1 aromatic carbocycles. The zero-order valence-electron chi connectivity index (χ0n) is 12.2. The Morgan fingerprint density at radius 3 is 2.76 bits per heavy atom. The fourth-order valence-electron chi connectivity index (χ4n) is 2.90. The van der Waals surface area contributed by atoms with Crippen LogP contribution < -0.4 is 0 Å². The monoisotopic (exact) mass is 302 g/mol. The van der Waals surface area contributed by atoms with Crippen LogP contribution >= 0.6 is 11.6 Å². The van der Waals surface area contributed by atoms with E-state index in [2.05, 4.69) is 4.98 Å². The van der Waals surface area contributed by atoms with Crippen LogP contribution in [0.15, 0.2) is 24.3 Å². The normalized spacial score (nSPS) is 15.4. The highest BCUT2D eigenvalue weighted by Crippen LogP contribution is 2.28. The molecule has 1 fully saturated rings. The van der Waals surface area contributed by atoms with Gasteiger partial charge in [-0.3, -0.25) is 4.79 Å². The molecule has 3 rings (SSSR count). The van der Waals surface area contributed by atoms with Gasteiger partial charge in [0.2, 0.25) is 0 Å². The first-order chi connectivity index (χ1) is 10.2. The van der Waals surface area contributed by atoms with Gasteiger partial charge in [-0.2, -0.15) is 0 Å². The van der Waals surface area contributed by atoms with Gasteiger partial charge in [0, 0.05) is 24.2 Å². The molecule has 0 bridgehead atoms. The van der Waals surface area contributed by atoms with Gasteiger partial charge < -0.3 is 4.90 Å². The van der Waals surface area contributed by atoms with Crippen molar-refractivity contribution >= 4 is 28.3 Å². The second-order valence-electron chi connectivity index (χ2n) is 5.51. The molecule has 21 heavy (non-hydrogen) atoms. The average molecular weight is 303 g/mol. The number of aryl methyl sites for hydroxylation is 1. The number of benzene rings is 1. The van der Waals surface area contributed by atoms with Crippen molar-refractivity contribution in [2.45, 2.75) is 32.6 Å². The van der Waals surface area contributed by atoms with Crippen LogP contribution in [0.5, 0.6) is 0 Å². The summed E-state index contributed by atoms with van der Waals surface area (Å²) >= 11 is 6.33. The van der Waals surface area contributed by atoms with Crippen LogP contribution in [0.2, 0.25) is 5.02 Å². The Morgan fingerprint density at radius 2 is 2.05 bits per heavy atom. The summed E-state index contributed by atoms with van der Waals surface area (Å²) in [6.45, 7) is 3.69. The first-order valence-corrected chi connectivity index (χ1v) is 7.96. The maximum Gasteiger partial charge on any atom is 0.273 e. The van der Waals surface area contributed by atoms with E-state index in [9.17, 15) is 4.79 Å². The molecular formula is C17H19ClN2O. The van der Waals surface area contributed by atoms with Gasteiger partial charge in [0.05, 0.1) is 5.02 Å². The third-order valence-electron chi connectivity index (χ3n) is 4.07. The number of halogens is 1. The van der Waals surface area contributed by atoms with Crippen LogP contribution in [0.25, 0.3) is 10.8 Å². The van der Waals surface area contributed by atoms with Crippen molar-refractivity contribution < 1.29 is 4.79 Å². The number of carbonyl (C=O) groups excluding carboxylic acids is 1. The summed E-state index contributed by atoms with van der Waals surface area (Å²) in [6.07, 6.45) is 4.16. The highest BCUT2D eigenvalue weighted by molar-refractivity contribution is 6.36. The van der Waals surface area contributed by atoms with Crippen molar-refractivity contribution in [2.24, 2.45) is 0 Å². The molecule has 4 heteroatoms. The van der Waals surface area contributed by atoms with Crippen LogP contribution in [0, 0.1) is 0 Å². The Bertz CT molecular complexity index is 678. The molecule has 110 valence electrons. The minimum absolute atomic E-state index is 0.0168. The van der Waals surface area contributed by atoms with Gasteiger partial charge in [-0.25, -0.2) is 4.98 Å². The number of piperidine rings is 1. The average Bonchev–Trinajstić information content (AvgIpc) is 2.54. The van der Waals surface area contributed by atoms with E-state index in [-0.39, 0.29) is 5.91 Å². The number of amides is 1. The molecule has 0 aliphatic carbocycles. The smallest absolute Gasteiger partial charge is 0.273 e. The number of likely N-dealkylation sites (tertiary alicyclic amines) is 1. The number of pyridine rings is 1. The van der Waals surface area contributed by atoms with E-state index >= 15 is 0 Å². The quantitative estimate of drug-likeness (QED) is 0.837. The molecule has 3 nitrogen and oxygen atoms in total. The highest BCUT2D eigenvalue weighted by atomic mass is 35.5. The number of rotatable bonds is 2. The zero-order valence-corrected chi connectivity index (χ0v) is 13.0. The lowest BCUT2D eigenvalue weighted by Crippen LogP contribution is -2.36. The van der Waals surface area contributed by atoms with E-state index in [1.807, 2.05) is 36.1 Å². The van der Waals surface area contributed by atoms with E-state index in [1.165, 1.54) is 6.42 Å². The standard InChI is InChI=1S/C17H19ClN2O/c1-2-13-11-12-7-6-8-14(18)15(12)16(19-13)17(21)20-9-4-3-5-10-20/h6-8,11H,2-5,9-10H2,1H3. The number of hydrogen-bond donors (Lipinski definition) is 0. The number of aromatic nitrogens is 1. The van der Waals surface area contributed by atoms with E-state index in [4.69, 9.17) is 11.6 Å². The number of fused-ring (bicyclic) bond motifs is 1. The van der Waals surface area contributed by atoms with Gasteiger partial charge in [0.25, 0.3) is 5.91 Å². The molecule has 0 radical (unpaired) electrons. The van der Waals surface area contributed by atoms with Crippen LogP contribution in [0.4, 0.5) is 0 Å². The molecule has 0 N–H and O–H groups in total. The summed E-state index contributed by atoms with van der Waals surface area (Å²) in [5.74, 6) is 0.0168. The first kappa shape index (κ1) is 14.3. The topological polar surface area (TPSA) is 33.2 Å². The largest absolute Gasteiger partial charge is 0.337 e. The molecular weight excluding hydrogens is 284 g/mol. The van der Waals surface area contributed by atoms with Crippen molar-refractivity contribution in [1.82, 2.24) is 9.88 Å². The second kappa shape index (κ2) is 6.02. The third kappa shape index (κ3) is 2.75. The van der Waals surface area contributed by atoms with E-state index in [1.54, 1.807) is 0 Å². The minimum atomic E-state index is 0.0168. The van der Waals surface area contributed by atoms with Gasteiger partial charge >= 0.3 is 0 Å². The molecule has 1 saturated heterocycles. The Morgan fingerprint density at radius 1 is 1.29 bits per heavy atom. The zero-order chi connectivity index (χ0) is 14.8. The third-order valence-corrected chi connectivity index (χ3v) is 4.38. The SMILES string of the molecule is CCc1cc2cccc(Cl)c2c(C(=O)N2CCCCC2)n1. The van der Waals surface area contributed by atoms with Crippen molar-refractivity contribution in [2.75, 3.05) is 13.1 Å². The summed E-state index contributed by atoms with van der Waals surface area (Å²) in [5, 5.41) is 2.38. The fraction of sp³-hybridized carbons (Fsp3) is 0.412. The van der Waals surface area contributed by atoms with Gasteiger partial charge in [-0.15, -0.1) is 0 Å². The van der Waals surface area contributed by atoms with E-state index < -0.39 is 0 Å². The fourth-order valence-corrected chi connectivity index (χ4v) is 3.18. The minimum Gasteiger partial charge on any atom is -0.337 e. The van der Waals surface area contributed by atoms with Gasteiger partial charge in [0.1, 0.15) is 5.69 Å². The van der Waals surface area contributed by atoms with E-state index in [0.29, 0.717) is 10.7 Å². The molecule has 1 aromatic heterocycles. The summed E-state index contributed by atoms with van der Waals surface area (Å²) in [6, 6.07) is 7.76. The molecule has 0 atom stereocenters. The molecule has 2 aromatic rings. The van der Waals surface area contributed by atoms with Crippen molar-refractivity contribution in [3.8, 4) is 0 Å². The summed E-state index contributed by atoms with van der Waals surface area (Å²) in [5.41, 5.74) is 1.45. The second-order valence-corrected chi connectivity index (χ2v) is 5.91. The molecule has 0 unspecified atom stereocenters. The van der Waals surface area contributed by atoms with Crippen LogP contribution in [0.1, 0.15) is 42.4 Å². The highest BCUT2D eigenvalue weighted by Gasteiger charge is 2.23. The van der Waals surface area contributed by atoms with Gasteiger partial charge in [-0.05, 0) is 43.2 Å². The number of nitrogens with zero attached hydrogens (tertiary/aromatic N) is 2. The van der Waals surface area contributed by atoms with Crippen LogP contribution in [-0.4, -0.2) is 28.9 Å². The van der Waals surface area contributed by atoms with Crippen molar-refractivity contribution in [3.63, 3.8) is 0 Å². The molecule has 1 aliphatic rings. The predicted molar refractivity (Wildman–Crippen MR) is 85.9 cm³/mol. The Kier molecular flexibility index (Phi) is 4.11. The van der Waals surface area contributed by atoms with Crippen molar-refractivity contribution in [1.29, 1.82) is 0 Å². The Labute approximate surface area is 129 Å². The van der Waals surface area contributed by atoms with Gasteiger partial charge in [-0.1, -0.05) is 30.7 Å². The molecule has 0 saturated carbocycles. The predicted octanol–water partition coefficient (Wildman–Crippen LogP) is 4.08. The first-order valence-electron chi connectivity index (χ1n) is 7.58. The van der Waals surface area contributed by atoms with Crippen LogP contribution in [-0.2, 0) is 6.42 Å². The summed E-state index contributed by atoms with van der Waals surface area (Å²) < 4.78 is 0. The van der Waals surface area contributed by atoms with Gasteiger partial charge in [0.15, 0.2) is 0 Å². The number of hydrogen-bond acceptors (Lipinski definition) is 2. The Balaban J connectivity index is 2.13. The summed E-state index contributed by atoms with van der Waals surface area (Å²) in [7, 11) is 0. The van der Waals surface area contributed by atoms with Crippen molar-refractivity contribution in [3.05, 3.63) is 40.7 Å². The lowest BCUT2D eigenvalue weighted by Gasteiger charge is -2.27. The summed E-state index contributed by atoms with van der Waals surface area (Å²) in [4.78, 5) is 19.3. The molecule has 2 heterocycles. The lowest BCUT2D eigenvalue weighted by atomic mass is 10.1. The van der Waals surface area contributed by atoms with E-state index in [0.717, 1.165) is 48.8 Å². The maximum absolute atomic E-state index is 12.8. The van der Waals surface area contributed by atoms with Crippen LogP contribution in [0.3, 0.4) is 0 Å². The Hall–Kier alpha value is -1.61.